The van der Waals surface area contributed by atoms with Crippen molar-refractivity contribution in [1.29, 1.82) is 0 Å². The zero-order valence-electron chi connectivity index (χ0n) is 10.1. The fraction of sp³-hybridized carbons (Fsp3) is 0. The fourth-order valence-corrected chi connectivity index (χ4v) is 1.81. The molecule has 0 aliphatic carbocycles. The van der Waals surface area contributed by atoms with Gasteiger partial charge in [-0.2, -0.15) is 0 Å². The molecule has 2 aromatic rings. The molecule has 0 saturated heterocycles. The Labute approximate surface area is 118 Å². The largest absolute Gasteiger partial charge is 0.478 e. The van der Waals surface area contributed by atoms with E-state index in [1.54, 1.807) is 0 Å². The molecule has 20 heavy (non-hydrogen) atoms. The van der Waals surface area contributed by atoms with Crippen LogP contribution in [-0.2, 0) is 0 Å². The van der Waals surface area contributed by atoms with Gasteiger partial charge in [0.1, 0.15) is 5.82 Å². The maximum atomic E-state index is 13.5. The highest BCUT2D eigenvalue weighted by molar-refractivity contribution is 6.31. The first kappa shape index (κ1) is 14.0. The standard InChI is InChI=1S/C14H9ClFNO3/c15-8-5-6-12(10(7-8)14(19)20)17-13(18)9-3-1-2-4-11(9)16/h1-7H,(H,17,18)(H,19,20). The van der Waals surface area contributed by atoms with E-state index in [1.807, 2.05) is 0 Å². The predicted molar refractivity (Wildman–Crippen MR) is 72.8 cm³/mol. The second kappa shape index (κ2) is 5.71. The Hall–Kier alpha value is -2.40. The number of hydrogen-bond donors (Lipinski definition) is 2. The van der Waals surface area contributed by atoms with Crippen LogP contribution in [0.3, 0.4) is 0 Å². The molecule has 102 valence electrons. The number of nitrogens with one attached hydrogen (secondary N) is 1. The summed E-state index contributed by atoms with van der Waals surface area (Å²) in [6, 6.07) is 9.42. The molecule has 0 bridgehead atoms. The third kappa shape index (κ3) is 2.95. The van der Waals surface area contributed by atoms with Crippen LogP contribution in [0.15, 0.2) is 42.5 Å². The number of carboxylic acids is 1. The molecule has 6 heteroatoms. The topological polar surface area (TPSA) is 66.4 Å². The SMILES string of the molecule is O=C(Nc1ccc(Cl)cc1C(=O)O)c1ccccc1F. The molecule has 0 aliphatic heterocycles. The molecular weight excluding hydrogens is 285 g/mol. The van der Waals surface area contributed by atoms with E-state index < -0.39 is 17.7 Å². The van der Waals surface area contributed by atoms with Gasteiger partial charge in [-0.05, 0) is 30.3 Å². The van der Waals surface area contributed by atoms with E-state index in [0.717, 1.165) is 6.07 Å². The Morgan fingerprint density at radius 1 is 1.10 bits per heavy atom. The monoisotopic (exact) mass is 293 g/mol. The van der Waals surface area contributed by atoms with E-state index in [4.69, 9.17) is 16.7 Å². The van der Waals surface area contributed by atoms with Crippen LogP contribution in [0.25, 0.3) is 0 Å². The van der Waals surface area contributed by atoms with Crippen molar-refractivity contribution in [3.05, 3.63) is 64.4 Å². The number of hydrogen-bond acceptors (Lipinski definition) is 2. The van der Waals surface area contributed by atoms with E-state index in [0.29, 0.717) is 0 Å². The molecule has 0 fully saturated rings. The third-order valence-electron chi connectivity index (χ3n) is 2.58. The summed E-state index contributed by atoms with van der Waals surface area (Å²) in [6.07, 6.45) is 0. The first-order valence-corrected chi connectivity index (χ1v) is 5.95. The van der Waals surface area contributed by atoms with Gasteiger partial charge in [0, 0.05) is 5.02 Å². The maximum absolute atomic E-state index is 13.5. The molecule has 0 heterocycles. The van der Waals surface area contributed by atoms with Crippen molar-refractivity contribution in [2.75, 3.05) is 5.32 Å². The first-order chi connectivity index (χ1) is 9.49. The Balaban J connectivity index is 2.33. The molecule has 2 N–H and O–H groups in total. The number of halogens is 2. The second-order valence-corrected chi connectivity index (χ2v) is 4.37. The summed E-state index contributed by atoms with van der Waals surface area (Å²) >= 11 is 5.70. The summed E-state index contributed by atoms with van der Waals surface area (Å²) in [6.45, 7) is 0. The van der Waals surface area contributed by atoms with Crippen molar-refractivity contribution in [2.24, 2.45) is 0 Å². The Bertz CT molecular complexity index is 688. The van der Waals surface area contributed by atoms with E-state index in [9.17, 15) is 14.0 Å². The predicted octanol–water partition coefficient (Wildman–Crippen LogP) is 3.43. The molecule has 0 unspecified atom stereocenters. The van der Waals surface area contributed by atoms with Gasteiger partial charge in [0.05, 0.1) is 16.8 Å². The van der Waals surface area contributed by atoms with Gasteiger partial charge < -0.3 is 10.4 Å². The molecule has 0 aromatic heterocycles. The van der Waals surface area contributed by atoms with Crippen molar-refractivity contribution in [3.8, 4) is 0 Å². The Morgan fingerprint density at radius 3 is 2.45 bits per heavy atom. The number of amides is 1. The second-order valence-electron chi connectivity index (χ2n) is 3.93. The van der Waals surface area contributed by atoms with Crippen molar-refractivity contribution < 1.29 is 19.1 Å². The van der Waals surface area contributed by atoms with E-state index >= 15 is 0 Å². The lowest BCUT2D eigenvalue weighted by atomic mass is 10.1. The molecule has 0 aliphatic rings. The first-order valence-electron chi connectivity index (χ1n) is 5.58. The summed E-state index contributed by atoms with van der Waals surface area (Å²) < 4.78 is 13.5. The van der Waals surface area contributed by atoms with E-state index in [2.05, 4.69) is 5.32 Å². The van der Waals surface area contributed by atoms with Crippen LogP contribution < -0.4 is 5.32 Å². The lowest BCUT2D eigenvalue weighted by Gasteiger charge is -2.09. The summed E-state index contributed by atoms with van der Waals surface area (Å²) in [5, 5.41) is 11.6. The van der Waals surface area contributed by atoms with Crippen LogP contribution >= 0.6 is 11.6 Å². The van der Waals surface area contributed by atoms with Crippen LogP contribution in [0, 0.1) is 5.82 Å². The molecule has 1 amide bonds. The molecule has 0 atom stereocenters. The summed E-state index contributed by atoms with van der Waals surface area (Å²) in [5.74, 6) is -2.65. The van der Waals surface area contributed by atoms with Gasteiger partial charge in [-0.3, -0.25) is 4.79 Å². The van der Waals surface area contributed by atoms with Gasteiger partial charge >= 0.3 is 5.97 Å². The van der Waals surface area contributed by atoms with Crippen LogP contribution in [0.2, 0.25) is 5.02 Å². The van der Waals surface area contributed by atoms with Gasteiger partial charge in [0.15, 0.2) is 0 Å². The average molecular weight is 294 g/mol. The molecule has 2 aromatic carbocycles. The van der Waals surface area contributed by atoms with Gasteiger partial charge in [-0.25, -0.2) is 9.18 Å². The van der Waals surface area contributed by atoms with Crippen molar-refractivity contribution >= 4 is 29.2 Å². The summed E-state index contributed by atoms with van der Waals surface area (Å²) in [5.41, 5.74) is -0.281. The normalized spacial score (nSPS) is 10.1. The summed E-state index contributed by atoms with van der Waals surface area (Å²) in [4.78, 5) is 23.0. The maximum Gasteiger partial charge on any atom is 0.337 e. The molecule has 2 rings (SSSR count). The minimum absolute atomic E-state index is 0.0511. The smallest absolute Gasteiger partial charge is 0.337 e. The number of rotatable bonds is 3. The molecule has 4 nitrogen and oxygen atoms in total. The molecule has 0 spiro atoms. The van der Waals surface area contributed by atoms with Gasteiger partial charge in [-0.1, -0.05) is 23.7 Å². The number of carbonyl (C=O) groups is 2. The quantitative estimate of drug-likeness (QED) is 0.911. The highest BCUT2D eigenvalue weighted by Gasteiger charge is 2.16. The van der Waals surface area contributed by atoms with Crippen LogP contribution in [-0.4, -0.2) is 17.0 Å². The van der Waals surface area contributed by atoms with Crippen LogP contribution in [0.1, 0.15) is 20.7 Å². The van der Waals surface area contributed by atoms with Crippen molar-refractivity contribution in [2.45, 2.75) is 0 Å². The number of benzene rings is 2. The fourth-order valence-electron chi connectivity index (χ4n) is 1.64. The minimum atomic E-state index is -1.24. The number of aromatic carboxylic acids is 1. The lowest BCUT2D eigenvalue weighted by molar-refractivity contribution is 0.0698. The minimum Gasteiger partial charge on any atom is -0.478 e. The van der Waals surface area contributed by atoms with Gasteiger partial charge in [-0.15, -0.1) is 0 Å². The molecule has 0 radical (unpaired) electrons. The molecular formula is C14H9ClFNO3. The highest BCUT2D eigenvalue weighted by Crippen LogP contribution is 2.21. The van der Waals surface area contributed by atoms with E-state index in [1.165, 1.54) is 36.4 Å². The molecule has 0 saturated carbocycles. The number of anilines is 1. The zero-order valence-corrected chi connectivity index (χ0v) is 10.8. The van der Waals surface area contributed by atoms with Gasteiger partial charge in [0.25, 0.3) is 5.91 Å². The van der Waals surface area contributed by atoms with Crippen molar-refractivity contribution in [1.82, 2.24) is 0 Å². The number of carbonyl (C=O) groups excluding carboxylic acids is 1. The van der Waals surface area contributed by atoms with Crippen LogP contribution in [0.5, 0.6) is 0 Å². The van der Waals surface area contributed by atoms with E-state index in [-0.39, 0.29) is 21.8 Å². The highest BCUT2D eigenvalue weighted by atomic mass is 35.5. The van der Waals surface area contributed by atoms with Crippen molar-refractivity contribution in [3.63, 3.8) is 0 Å². The van der Waals surface area contributed by atoms with Gasteiger partial charge in [0.2, 0.25) is 0 Å². The Morgan fingerprint density at radius 2 is 1.80 bits per heavy atom. The average Bonchev–Trinajstić information content (AvgIpc) is 2.41. The number of carboxylic acid groups (broad SMARTS) is 1. The lowest BCUT2D eigenvalue weighted by Crippen LogP contribution is -2.16. The Kier molecular flexibility index (Phi) is 4.00. The zero-order chi connectivity index (χ0) is 14.7. The summed E-state index contributed by atoms with van der Waals surface area (Å²) in [7, 11) is 0. The third-order valence-corrected chi connectivity index (χ3v) is 2.81. The van der Waals surface area contributed by atoms with Crippen LogP contribution in [0.4, 0.5) is 10.1 Å².